The molecule has 0 aliphatic carbocycles. The Labute approximate surface area is 188 Å². The van der Waals surface area contributed by atoms with Crippen molar-refractivity contribution in [3.63, 3.8) is 0 Å². The van der Waals surface area contributed by atoms with Gasteiger partial charge >= 0.3 is 5.97 Å². The summed E-state index contributed by atoms with van der Waals surface area (Å²) >= 11 is 2.86. The van der Waals surface area contributed by atoms with E-state index in [1.807, 2.05) is 35.7 Å². The number of thiazole rings is 1. The summed E-state index contributed by atoms with van der Waals surface area (Å²) in [5, 5.41) is 1.94. The minimum absolute atomic E-state index is 0.149. The highest BCUT2D eigenvalue weighted by molar-refractivity contribution is 7.10. The lowest BCUT2D eigenvalue weighted by atomic mass is 10.0. The van der Waals surface area contributed by atoms with E-state index in [0.717, 1.165) is 10.4 Å². The molecule has 1 aromatic carbocycles. The number of benzene rings is 1. The van der Waals surface area contributed by atoms with Crippen molar-refractivity contribution in [2.24, 2.45) is 4.99 Å². The van der Waals surface area contributed by atoms with Gasteiger partial charge in [0.1, 0.15) is 6.04 Å². The zero-order valence-electron chi connectivity index (χ0n) is 17.9. The number of carbonyl (C=O) groups is 1. The smallest absolute Gasteiger partial charge is 0.338 e. The number of nitrogens with zero attached hydrogens (tertiary/aromatic N) is 2. The fourth-order valence-electron chi connectivity index (χ4n) is 3.64. The molecule has 2 aromatic heterocycles. The number of thiophene rings is 1. The van der Waals surface area contributed by atoms with E-state index in [2.05, 4.69) is 31.0 Å². The predicted octanol–water partition coefficient (Wildman–Crippen LogP) is 3.98. The average molecular weight is 453 g/mol. The van der Waals surface area contributed by atoms with Gasteiger partial charge in [-0.3, -0.25) is 9.36 Å². The molecule has 0 amide bonds. The van der Waals surface area contributed by atoms with Crippen LogP contribution in [0.2, 0.25) is 0 Å². The van der Waals surface area contributed by atoms with Crippen molar-refractivity contribution in [1.29, 1.82) is 0 Å². The van der Waals surface area contributed by atoms with Gasteiger partial charge in [-0.15, -0.1) is 11.3 Å². The zero-order chi connectivity index (χ0) is 22.1. The average Bonchev–Trinajstić information content (AvgIpc) is 3.36. The van der Waals surface area contributed by atoms with Gasteiger partial charge in [-0.25, -0.2) is 9.79 Å². The van der Waals surface area contributed by atoms with E-state index in [-0.39, 0.29) is 12.2 Å². The van der Waals surface area contributed by atoms with Crippen LogP contribution in [0.25, 0.3) is 6.08 Å². The molecule has 0 bridgehead atoms. The second-order valence-corrected chi connectivity index (χ2v) is 9.63. The molecule has 31 heavy (non-hydrogen) atoms. The number of hydrogen-bond acceptors (Lipinski definition) is 6. The lowest BCUT2D eigenvalue weighted by molar-refractivity contribution is -0.139. The first-order valence-corrected chi connectivity index (χ1v) is 11.9. The summed E-state index contributed by atoms with van der Waals surface area (Å²) in [7, 11) is 0. The molecule has 0 N–H and O–H groups in total. The second kappa shape index (κ2) is 8.77. The molecule has 160 valence electrons. The summed E-state index contributed by atoms with van der Waals surface area (Å²) < 4.78 is 7.52. The Morgan fingerprint density at radius 3 is 2.61 bits per heavy atom. The summed E-state index contributed by atoms with van der Waals surface area (Å²) in [6, 6.07) is 11.6. The first-order chi connectivity index (χ1) is 14.9. The molecule has 1 atom stereocenters. The van der Waals surface area contributed by atoms with Gasteiger partial charge in [0, 0.05) is 4.88 Å². The summed E-state index contributed by atoms with van der Waals surface area (Å²) in [6.45, 7) is 8.15. The van der Waals surface area contributed by atoms with E-state index in [0.29, 0.717) is 26.5 Å². The molecule has 1 aliphatic heterocycles. The Morgan fingerprint density at radius 1 is 1.26 bits per heavy atom. The number of rotatable bonds is 5. The highest BCUT2D eigenvalue weighted by Crippen LogP contribution is 2.33. The Morgan fingerprint density at radius 2 is 2.00 bits per heavy atom. The van der Waals surface area contributed by atoms with Gasteiger partial charge in [0.15, 0.2) is 4.80 Å². The van der Waals surface area contributed by atoms with Gasteiger partial charge in [-0.2, -0.15) is 0 Å². The van der Waals surface area contributed by atoms with Gasteiger partial charge in [-0.05, 0) is 48.4 Å². The van der Waals surface area contributed by atoms with E-state index in [9.17, 15) is 9.59 Å². The Kier molecular flexibility index (Phi) is 6.07. The molecule has 5 nitrogen and oxygen atoms in total. The molecule has 0 radical (unpaired) electrons. The van der Waals surface area contributed by atoms with Crippen LogP contribution in [0.15, 0.2) is 62.8 Å². The van der Waals surface area contributed by atoms with Crippen molar-refractivity contribution in [1.82, 2.24) is 4.57 Å². The molecule has 3 heterocycles. The van der Waals surface area contributed by atoms with Gasteiger partial charge in [0.05, 0.1) is 22.4 Å². The van der Waals surface area contributed by atoms with Crippen molar-refractivity contribution in [2.45, 2.75) is 39.7 Å². The minimum atomic E-state index is -0.527. The van der Waals surface area contributed by atoms with Crippen molar-refractivity contribution in [2.75, 3.05) is 6.61 Å². The highest BCUT2D eigenvalue weighted by atomic mass is 32.1. The summed E-state index contributed by atoms with van der Waals surface area (Å²) in [4.78, 5) is 32.3. The maximum Gasteiger partial charge on any atom is 0.338 e. The molecule has 7 heteroatoms. The van der Waals surface area contributed by atoms with Crippen LogP contribution in [-0.4, -0.2) is 17.1 Å². The summed E-state index contributed by atoms with van der Waals surface area (Å²) in [5.74, 6) is 0.0233. The number of fused-ring (bicyclic) bond motifs is 1. The van der Waals surface area contributed by atoms with Gasteiger partial charge < -0.3 is 4.74 Å². The van der Waals surface area contributed by atoms with E-state index < -0.39 is 12.0 Å². The number of allylic oxidation sites excluding steroid dienone is 1. The van der Waals surface area contributed by atoms with Crippen LogP contribution >= 0.6 is 22.7 Å². The quantitative estimate of drug-likeness (QED) is 0.550. The number of ether oxygens (including phenoxy) is 1. The zero-order valence-corrected chi connectivity index (χ0v) is 19.5. The number of carbonyl (C=O) groups excluding carboxylic acids is 1. The van der Waals surface area contributed by atoms with Gasteiger partial charge in [-0.1, -0.05) is 55.5 Å². The fourth-order valence-corrected chi connectivity index (χ4v) is 5.51. The SMILES string of the molecule is CCOC(=O)C1=C(C)N=c2sc(=Cc3ccc(C(C)C)cc3)c(=O)n2C1c1cccs1. The molecule has 0 saturated carbocycles. The molecular weight excluding hydrogens is 428 g/mol. The second-order valence-electron chi connectivity index (χ2n) is 7.64. The lowest BCUT2D eigenvalue weighted by Gasteiger charge is -2.23. The van der Waals surface area contributed by atoms with Gasteiger partial charge in [0.25, 0.3) is 5.56 Å². The maximum absolute atomic E-state index is 13.4. The largest absolute Gasteiger partial charge is 0.463 e. The standard InChI is InChI=1S/C24H24N2O3S2/c1-5-29-23(28)20-15(4)25-24-26(21(20)18-7-6-12-30-18)22(27)19(31-24)13-16-8-10-17(11-9-16)14(2)3/h6-14,21H,5H2,1-4H3. The first kappa shape index (κ1) is 21.5. The molecule has 1 aliphatic rings. The third kappa shape index (κ3) is 4.07. The first-order valence-electron chi connectivity index (χ1n) is 10.2. The van der Waals surface area contributed by atoms with Crippen molar-refractivity contribution in [3.8, 4) is 0 Å². The fraction of sp³-hybridized carbons (Fsp3) is 0.292. The van der Waals surface area contributed by atoms with E-state index in [1.165, 1.54) is 28.2 Å². The van der Waals surface area contributed by atoms with Crippen molar-refractivity contribution >= 4 is 34.7 Å². The Bertz CT molecular complexity index is 1310. The van der Waals surface area contributed by atoms with Crippen molar-refractivity contribution in [3.05, 3.63) is 88.7 Å². The van der Waals surface area contributed by atoms with Crippen LogP contribution in [0.1, 0.15) is 55.7 Å². The normalized spacial score (nSPS) is 16.4. The highest BCUT2D eigenvalue weighted by Gasteiger charge is 2.33. The molecule has 0 spiro atoms. The Hall–Kier alpha value is -2.77. The van der Waals surface area contributed by atoms with E-state index in [1.54, 1.807) is 18.4 Å². The monoisotopic (exact) mass is 452 g/mol. The van der Waals surface area contributed by atoms with Crippen LogP contribution < -0.4 is 14.9 Å². The van der Waals surface area contributed by atoms with Crippen LogP contribution in [0.4, 0.5) is 0 Å². The third-order valence-electron chi connectivity index (χ3n) is 5.23. The van der Waals surface area contributed by atoms with Crippen LogP contribution in [0.5, 0.6) is 0 Å². The Balaban J connectivity index is 1.87. The minimum Gasteiger partial charge on any atom is -0.463 e. The van der Waals surface area contributed by atoms with Crippen LogP contribution in [0, 0.1) is 0 Å². The molecule has 4 rings (SSSR count). The van der Waals surface area contributed by atoms with Crippen molar-refractivity contribution < 1.29 is 9.53 Å². The number of hydrogen-bond donors (Lipinski definition) is 0. The number of esters is 1. The summed E-state index contributed by atoms with van der Waals surface area (Å²) in [6.07, 6.45) is 1.89. The molecule has 1 unspecified atom stereocenters. The molecule has 0 fully saturated rings. The third-order valence-corrected chi connectivity index (χ3v) is 7.14. The van der Waals surface area contributed by atoms with Crippen LogP contribution in [-0.2, 0) is 9.53 Å². The molecular formula is C24H24N2O3S2. The number of aromatic nitrogens is 1. The summed E-state index contributed by atoms with van der Waals surface area (Å²) in [5.41, 5.74) is 3.08. The lowest BCUT2D eigenvalue weighted by Crippen LogP contribution is -2.39. The molecule has 0 saturated heterocycles. The predicted molar refractivity (Wildman–Crippen MR) is 125 cm³/mol. The maximum atomic E-state index is 13.4. The van der Waals surface area contributed by atoms with Gasteiger partial charge in [0.2, 0.25) is 0 Å². The van der Waals surface area contributed by atoms with E-state index >= 15 is 0 Å². The molecule has 3 aromatic rings. The topological polar surface area (TPSA) is 60.7 Å². The van der Waals surface area contributed by atoms with E-state index in [4.69, 9.17) is 4.74 Å². The van der Waals surface area contributed by atoms with Crippen LogP contribution in [0.3, 0.4) is 0 Å².